The average molecular weight is 325 g/mol. The summed E-state index contributed by atoms with van der Waals surface area (Å²) >= 11 is 0. The second-order valence-electron chi connectivity index (χ2n) is 7.95. The van der Waals surface area contributed by atoms with Crippen LogP contribution in [-0.2, 0) is 14.3 Å². The minimum atomic E-state index is -0.701. The topological polar surface area (TPSA) is 46.6 Å². The first-order chi connectivity index (χ1) is 11.5. The van der Waals surface area contributed by atoms with Crippen LogP contribution in [0.15, 0.2) is 42.5 Å². The third-order valence-corrected chi connectivity index (χ3v) is 5.65. The van der Waals surface area contributed by atoms with E-state index in [1.165, 1.54) is 0 Å². The fourth-order valence-corrected chi connectivity index (χ4v) is 4.34. The van der Waals surface area contributed by atoms with Crippen molar-refractivity contribution in [1.29, 1.82) is 0 Å². The normalized spacial score (nSPS) is 33.2. The van der Waals surface area contributed by atoms with Crippen molar-refractivity contribution in [2.24, 2.45) is 23.2 Å². The molecule has 126 valence electrons. The standard InChI is InChI=1S/C20H23NO3/c1-20(2)12-21(15-6-4-3-5-7-15)18(22)17(20)24-19(23)16-11-13-8-9-14(16)10-13/h3-9,13-14,16-17H,10-12H2,1-2H3/t13-,14+,16+,17+/m0/s1. The zero-order chi connectivity index (χ0) is 16.9. The molecule has 4 nitrogen and oxygen atoms in total. The Kier molecular flexibility index (Phi) is 3.52. The van der Waals surface area contributed by atoms with Gasteiger partial charge in [0.1, 0.15) is 0 Å². The van der Waals surface area contributed by atoms with Crippen molar-refractivity contribution in [2.45, 2.75) is 32.8 Å². The predicted octanol–water partition coefficient (Wildman–Crippen LogP) is 3.18. The van der Waals surface area contributed by atoms with Gasteiger partial charge >= 0.3 is 5.97 Å². The van der Waals surface area contributed by atoms with Crippen LogP contribution in [0.25, 0.3) is 0 Å². The smallest absolute Gasteiger partial charge is 0.310 e. The van der Waals surface area contributed by atoms with Gasteiger partial charge in [-0.15, -0.1) is 0 Å². The van der Waals surface area contributed by atoms with Crippen LogP contribution in [0.2, 0.25) is 0 Å². The number of hydrogen-bond acceptors (Lipinski definition) is 3. The number of allylic oxidation sites excluding steroid dienone is 2. The first kappa shape index (κ1) is 15.4. The Bertz CT molecular complexity index is 694. The molecular formula is C20H23NO3. The van der Waals surface area contributed by atoms with Crippen LogP contribution in [0.5, 0.6) is 0 Å². The zero-order valence-electron chi connectivity index (χ0n) is 14.1. The molecule has 2 fully saturated rings. The number of hydrogen-bond donors (Lipinski definition) is 0. The summed E-state index contributed by atoms with van der Waals surface area (Å²) in [7, 11) is 0. The van der Waals surface area contributed by atoms with Crippen molar-refractivity contribution in [1.82, 2.24) is 0 Å². The number of amides is 1. The van der Waals surface area contributed by atoms with Crippen molar-refractivity contribution in [2.75, 3.05) is 11.4 Å². The molecular weight excluding hydrogens is 302 g/mol. The number of anilines is 1. The van der Waals surface area contributed by atoms with Gasteiger partial charge in [0.15, 0.2) is 6.10 Å². The Morgan fingerprint density at radius 1 is 1.17 bits per heavy atom. The highest BCUT2D eigenvalue weighted by molar-refractivity contribution is 6.00. The maximum Gasteiger partial charge on any atom is 0.310 e. The lowest BCUT2D eigenvalue weighted by atomic mass is 9.89. The van der Waals surface area contributed by atoms with E-state index in [1.807, 2.05) is 44.2 Å². The fraction of sp³-hybridized carbons (Fsp3) is 0.500. The number of carbonyl (C=O) groups is 2. The molecule has 1 heterocycles. The van der Waals surface area contributed by atoms with E-state index < -0.39 is 11.5 Å². The highest BCUT2D eigenvalue weighted by Gasteiger charge is 2.51. The lowest BCUT2D eigenvalue weighted by Crippen LogP contribution is -2.38. The molecule has 2 bridgehead atoms. The third-order valence-electron chi connectivity index (χ3n) is 5.65. The lowest BCUT2D eigenvalue weighted by molar-refractivity contribution is -0.163. The van der Waals surface area contributed by atoms with Crippen LogP contribution in [0.1, 0.15) is 26.7 Å². The Labute approximate surface area is 142 Å². The summed E-state index contributed by atoms with van der Waals surface area (Å²) in [6.45, 7) is 4.55. The average Bonchev–Trinajstić information content (AvgIpc) is 3.25. The Balaban J connectivity index is 1.51. The van der Waals surface area contributed by atoms with Gasteiger partial charge in [-0.1, -0.05) is 44.2 Å². The second-order valence-corrected chi connectivity index (χ2v) is 7.95. The molecule has 1 saturated heterocycles. The van der Waals surface area contributed by atoms with Gasteiger partial charge in [-0.2, -0.15) is 0 Å². The first-order valence-corrected chi connectivity index (χ1v) is 8.71. The lowest BCUT2D eigenvalue weighted by Gasteiger charge is -2.26. The quantitative estimate of drug-likeness (QED) is 0.633. The molecule has 0 N–H and O–H groups in total. The number of benzene rings is 1. The van der Waals surface area contributed by atoms with Gasteiger partial charge in [-0.3, -0.25) is 9.59 Å². The number of para-hydroxylation sites is 1. The van der Waals surface area contributed by atoms with E-state index in [2.05, 4.69) is 12.2 Å². The summed E-state index contributed by atoms with van der Waals surface area (Å²) in [4.78, 5) is 27.2. The van der Waals surface area contributed by atoms with E-state index in [-0.39, 0.29) is 17.8 Å². The van der Waals surface area contributed by atoms with Gasteiger partial charge < -0.3 is 9.64 Å². The van der Waals surface area contributed by atoms with Crippen LogP contribution >= 0.6 is 0 Å². The highest BCUT2D eigenvalue weighted by atomic mass is 16.6. The first-order valence-electron chi connectivity index (χ1n) is 8.71. The van der Waals surface area contributed by atoms with Crippen molar-refractivity contribution >= 4 is 17.6 Å². The molecule has 2 aliphatic carbocycles. The van der Waals surface area contributed by atoms with Crippen molar-refractivity contribution in [3.63, 3.8) is 0 Å². The van der Waals surface area contributed by atoms with E-state index in [1.54, 1.807) is 4.90 Å². The van der Waals surface area contributed by atoms with Crippen molar-refractivity contribution in [3.8, 4) is 0 Å². The SMILES string of the molecule is CC1(C)CN(c2ccccc2)C(=O)[C@H]1OC(=O)[C@@H]1C[C@H]2C=C[C@@H]1C2. The van der Waals surface area contributed by atoms with Crippen LogP contribution in [0, 0.1) is 23.2 Å². The number of fused-ring (bicyclic) bond motifs is 2. The van der Waals surface area contributed by atoms with Crippen LogP contribution in [0.4, 0.5) is 5.69 Å². The molecule has 0 aromatic heterocycles. The van der Waals surface area contributed by atoms with Gasteiger partial charge in [0.2, 0.25) is 0 Å². The number of rotatable bonds is 3. The number of esters is 1. The molecule has 1 aromatic rings. The molecule has 1 saturated carbocycles. The second kappa shape index (κ2) is 5.47. The maximum absolute atomic E-state index is 12.9. The molecule has 1 aromatic carbocycles. The molecule has 3 aliphatic rings. The number of ether oxygens (including phenoxy) is 1. The largest absolute Gasteiger partial charge is 0.451 e. The van der Waals surface area contributed by atoms with Gasteiger partial charge in [-0.25, -0.2) is 0 Å². The van der Waals surface area contributed by atoms with Gasteiger partial charge in [0, 0.05) is 17.6 Å². The summed E-state index contributed by atoms with van der Waals surface area (Å²) in [6, 6.07) is 9.58. The molecule has 4 atom stereocenters. The summed E-state index contributed by atoms with van der Waals surface area (Å²) < 4.78 is 5.76. The summed E-state index contributed by atoms with van der Waals surface area (Å²) in [6.07, 6.45) is 5.56. The van der Waals surface area contributed by atoms with Gasteiger partial charge in [-0.05, 0) is 36.8 Å². The highest BCUT2D eigenvalue weighted by Crippen LogP contribution is 2.45. The van der Waals surface area contributed by atoms with Crippen LogP contribution in [-0.4, -0.2) is 24.5 Å². The molecule has 0 spiro atoms. The van der Waals surface area contributed by atoms with Crippen LogP contribution < -0.4 is 4.90 Å². The Hall–Kier alpha value is -2.10. The number of carbonyl (C=O) groups excluding carboxylic acids is 2. The molecule has 0 unspecified atom stereocenters. The maximum atomic E-state index is 12.9. The van der Waals surface area contributed by atoms with Crippen molar-refractivity contribution in [3.05, 3.63) is 42.5 Å². The van der Waals surface area contributed by atoms with Crippen LogP contribution in [0.3, 0.4) is 0 Å². The Morgan fingerprint density at radius 3 is 2.54 bits per heavy atom. The fourth-order valence-electron chi connectivity index (χ4n) is 4.34. The van der Waals surface area contributed by atoms with E-state index in [0.717, 1.165) is 18.5 Å². The van der Waals surface area contributed by atoms with Gasteiger partial charge in [0.25, 0.3) is 5.91 Å². The molecule has 4 rings (SSSR count). The minimum absolute atomic E-state index is 0.0747. The number of nitrogens with zero attached hydrogens (tertiary/aromatic N) is 1. The summed E-state index contributed by atoms with van der Waals surface area (Å²) in [5, 5.41) is 0. The molecule has 24 heavy (non-hydrogen) atoms. The zero-order valence-corrected chi connectivity index (χ0v) is 14.1. The van der Waals surface area contributed by atoms with E-state index >= 15 is 0 Å². The molecule has 1 amide bonds. The summed E-state index contributed by atoms with van der Waals surface area (Å²) in [5.41, 5.74) is 0.466. The van der Waals surface area contributed by atoms with E-state index in [9.17, 15) is 9.59 Å². The monoisotopic (exact) mass is 325 g/mol. The molecule has 1 aliphatic heterocycles. The third kappa shape index (κ3) is 2.45. The van der Waals surface area contributed by atoms with E-state index in [0.29, 0.717) is 18.4 Å². The van der Waals surface area contributed by atoms with E-state index in [4.69, 9.17) is 4.74 Å². The predicted molar refractivity (Wildman–Crippen MR) is 91.3 cm³/mol. The Morgan fingerprint density at radius 2 is 1.92 bits per heavy atom. The molecule has 4 heteroatoms. The van der Waals surface area contributed by atoms with Gasteiger partial charge in [0.05, 0.1) is 5.92 Å². The summed E-state index contributed by atoms with van der Waals surface area (Å²) in [5.74, 6) is 0.425. The molecule has 0 radical (unpaired) electrons. The minimum Gasteiger partial charge on any atom is -0.451 e. The van der Waals surface area contributed by atoms with Crippen molar-refractivity contribution < 1.29 is 14.3 Å².